The first kappa shape index (κ1) is 11.7. The minimum Gasteiger partial charge on any atom is -0.501 e. The van der Waals surface area contributed by atoms with Crippen LogP contribution in [0, 0.1) is 11.3 Å². The van der Waals surface area contributed by atoms with Crippen LogP contribution in [0.2, 0.25) is 0 Å². The summed E-state index contributed by atoms with van der Waals surface area (Å²) in [5.74, 6) is -0.327. The molecule has 5 rings (SSSR count). The zero-order valence-electron chi connectivity index (χ0n) is 10.1. The number of alkyl halides is 1. The van der Waals surface area contributed by atoms with Crippen LogP contribution in [0.1, 0.15) is 13.3 Å². The number of hydrogen-bond acceptors (Lipinski definition) is 4. The monoisotopic (exact) mass is 302 g/mol. The average Bonchev–Trinajstić information content (AvgIpc) is 2.32. The van der Waals surface area contributed by atoms with Crippen LogP contribution in [0.4, 0.5) is 0 Å². The van der Waals surface area contributed by atoms with Gasteiger partial charge in [-0.25, -0.2) is 0 Å². The summed E-state index contributed by atoms with van der Waals surface area (Å²) in [6.07, 6.45) is 2.72. The van der Waals surface area contributed by atoms with Gasteiger partial charge in [-0.05, 0) is 19.4 Å². The second-order valence-electron chi connectivity index (χ2n) is 5.17. The molecule has 4 nitrogen and oxygen atoms in total. The predicted octanol–water partition coefficient (Wildman–Crippen LogP) is 1.63. The van der Waals surface area contributed by atoms with Crippen LogP contribution in [0.15, 0.2) is 11.8 Å². The number of Topliss-reactive ketones (excluding diaryl/α,β-unsaturated/α-hetero) is 1. The smallest absolute Gasteiger partial charge is 0.243 e. The lowest BCUT2D eigenvalue weighted by Crippen LogP contribution is -2.76. The third-order valence-electron chi connectivity index (χ3n) is 4.50. The van der Waals surface area contributed by atoms with Crippen LogP contribution in [-0.2, 0) is 19.0 Å². The maximum Gasteiger partial charge on any atom is 0.243 e. The Labute approximate surface area is 108 Å². The number of hydrogen-bond donors (Lipinski definition) is 0. The van der Waals surface area contributed by atoms with Crippen LogP contribution >= 0.6 is 15.9 Å². The van der Waals surface area contributed by atoms with E-state index in [0.717, 1.165) is 12.2 Å². The van der Waals surface area contributed by atoms with Gasteiger partial charge >= 0.3 is 0 Å². The Balaban J connectivity index is 2.27. The lowest BCUT2D eigenvalue weighted by Gasteiger charge is -2.63. The third kappa shape index (κ3) is 1.01. The summed E-state index contributed by atoms with van der Waals surface area (Å²) in [5, 5.41) is 0. The topological polar surface area (TPSA) is 44.8 Å². The minimum absolute atomic E-state index is 0.0432. The Morgan fingerprint density at radius 1 is 1.53 bits per heavy atom. The van der Waals surface area contributed by atoms with Crippen LogP contribution < -0.4 is 0 Å². The molecule has 5 heteroatoms. The van der Waals surface area contributed by atoms with Gasteiger partial charge in [-0.1, -0.05) is 15.9 Å². The van der Waals surface area contributed by atoms with Crippen molar-refractivity contribution in [3.63, 3.8) is 0 Å². The van der Waals surface area contributed by atoms with Gasteiger partial charge < -0.3 is 14.2 Å². The molecule has 0 aromatic heterocycles. The molecule has 2 aliphatic heterocycles. The zero-order chi connectivity index (χ0) is 12.5. The Kier molecular flexibility index (Phi) is 2.15. The number of fused-ring (bicyclic) bond motifs is 1. The molecule has 2 heterocycles. The number of ketones is 1. The summed E-state index contributed by atoms with van der Waals surface area (Å²) < 4.78 is 16.0. The molecule has 0 N–H and O–H groups in total. The van der Waals surface area contributed by atoms with Crippen LogP contribution in [0.3, 0.4) is 0 Å². The fraction of sp³-hybridized carbons (Fsp3) is 0.750. The number of halogens is 1. The Morgan fingerprint density at radius 3 is 2.82 bits per heavy atom. The highest BCUT2D eigenvalue weighted by Gasteiger charge is 2.75. The second-order valence-corrected chi connectivity index (χ2v) is 6.49. The maximum absolute atomic E-state index is 12.6. The number of methoxy groups -OCH3 is 2. The van der Waals surface area contributed by atoms with E-state index in [9.17, 15) is 4.79 Å². The molecule has 4 bridgehead atoms. The van der Waals surface area contributed by atoms with E-state index in [1.165, 1.54) is 7.11 Å². The lowest BCUT2D eigenvalue weighted by molar-refractivity contribution is -0.315. The van der Waals surface area contributed by atoms with E-state index < -0.39 is 15.5 Å². The summed E-state index contributed by atoms with van der Waals surface area (Å²) in [4.78, 5) is 12.6. The molecule has 5 aliphatic rings. The number of rotatable bonds is 2. The van der Waals surface area contributed by atoms with Crippen molar-refractivity contribution < 1.29 is 19.0 Å². The molecular weight excluding hydrogens is 288 g/mol. The van der Waals surface area contributed by atoms with Gasteiger partial charge in [0.25, 0.3) is 0 Å². The van der Waals surface area contributed by atoms with Gasteiger partial charge in [0.15, 0.2) is 0 Å². The molecule has 0 amide bonds. The van der Waals surface area contributed by atoms with Crippen molar-refractivity contribution in [2.45, 2.75) is 23.5 Å². The molecule has 0 aromatic carbocycles. The van der Waals surface area contributed by atoms with Crippen molar-refractivity contribution in [3.8, 4) is 0 Å². The number of ether oxygens (including phenoxy) is 3. The predicted molar refractivity (Wildman–Crippen MR) is 63.7 cm³/mol. The number of carbonyl (C=O) groups is 1. The summed E-state index contributed by atoms with van der Waals surface area (Å²) in [6, 6.07) is 0. The van der Waals surface area contributed by atoms with Gasteiger partial charge in [-0.3, -0.25) is 4.79 Å². The zero-order valence-corrected chi connectivity index (χ0v) is 11.7. The van der Waals surface area contributed by atoms with Gasteiger partial charge in [-0.2, -0.15) is 0 Å². The summed E-state index contributed by atoms with van der Waals surface area (Å²) in [5.41, 5.74) is -0.522. The van der Waals surface area contributed by atoms with Gasteiger partial charge in [0.2, 0.25) is 11.6 Å². The summed E-state index contributed by atoms with van der Waals surface area (Å²) in [7, 11) is 3.14. The van der Waals surface area contributed by atoms with E-state index in [4.69, 9.17) is 14.2 Å². The molecule has 3 fully saturated rings. The lowest BCUT2D eigenvalue weighted by atomic mass is 9.54. The molecular formula is C12H15BrO4. The average molecular weight is 303 g/mol. The van der Waals surface area contributed by atoms with Crippen molar-refractivity contribution >= 4 is 21.7 Å². The molecule has 4 unspecified atom stereocenters. The number of carbonyl (C=O) groups excluding carboxylic acids is 1. The molecule has 17 heavy (non-hydrogen) atoms. The van der Waals surface area contributed by atoms with Gasteiger partial charge in [0.05, 0.1) is 19.1 Å². The van der Waals surface area contributed by atoms with Crippen molar-refractivity contribution in [3.05, 3.63) is 11.8 Å². The van der Waals surface area contributed by atoms with Gasteiger partial charge in [0.1, 0.15) is 10.1 Å². The van der Waals surface area contributed by atoms with E-state index in [1.54, 1.807) is 7.11 Å². The van der Waals surface area contributed by atoms with E-state index in [0.29, 0.717) is 6.61 Å². The SMILES string of the molecule is COC1=CC2(Br)C(=O)C3(OC)OCC2CC13C. The minimum atomic E-state index is -1.20. The molecule has 0 radical (unpaired) electrons. The highest BCUT2D eigenvalue weighted by Crippen LogP contribution is 2.65. The highest BCUT2D eigenvalue weighted by atomic mass is 79.9. The standard InChI is InChI=1S/C12H15BrO4/c1-10-4-7-6-17-12(10,16-3)9(14)11(7,13)5-8(10)15-2/h5,7H,4,6H2,1-3H3. The molecule has 94 valence electrons. The first-order valence-corrected chi connectivity index (χ1v) is 6.44. The maximum atomic E-state index is 12.6. The fourth-order valence-electron chi connectivity index (χ4n) is 3.54. The largest absolute Gasteiger partial charge is 0.501 e. The van der Waals surface area contributed by atoms with Crippen molar-refractivity contribution in [2.24, 2.45) is 11.3 Å². The fourth-order valence-corrected chi connectivity index (χ4v) is 4.31. The normalized spacial score (nSPS) is 51.6. The Morgan fingerprint density at radius 2 is 2.24 bits per heavy atom. The Bertz CT molecular complexity index is 434. The van der Waals surface area contributed by atoms with Gasteiger partial charge in [-0.15, -0.1) is 0 Å². The van der Waals surface area contributed by atoms with E-state index in [2.05, 4.69) is 15.9 Å². The van der Waals surface area contributed by atoms with E-state index in [1.807, 2.05) is 13.0 Å². The van der Waals surface area contributed by atoms with Crippen LogP contribution in [-0.4, -0.2) is 36.7 Å². The van der Waals surface area contributed by atoms with Crippen molar-refractivity contribution in [1.29, 1.82) is 0 Å². The molecule has 3 aliphatic carbocycles. The quantitative estimate of drug-likeness (QED) is 0.727. The second kappa shape index (κ2) is 3.13. The molecule has 2 saturated heterocycles. The first-order chi connectivity index (χ1) is 7.94. The van der Waals surface area contributed by atoms with Crippen molar-refractivity contribution in [2.75, 3.05) is 20.8 Å². The summed E-state index contributed by atoms with van der Waals surface area (Å²) in [6.45, 7) is 2.51. The molecule has 4 atom stereocenters. The molecule has 1 saturated carbocycles. The molecule has 0 aromatic rings. The van der Waals surface area contributed by atoms with Crippen LogP contribution in [0.25, 0.3) is 0 Å². The third-order valence-corrected chi connectivity index (χ3v) is 5.74. The first-order valence-electron chi connectivity index (χ1n) is 5.65. The van der Waals surface area contributed by atoms with Gasteiger partial charge in [0, 0.05) is 13.0 Å². The van der Waals surface area contributed by atoms with Crippen LogP contribution in [0.5, 0.6) is 0 Å². The number of allylic oxidation sites excluding steroid dienone is 1. The Hall–Kier alpha value is -0.390. The van der Waals surface area contributed by atoms with Crippen molar-refractivity contribution in [1.82, 2.24) is 0 Å². The van der Waals surface area contributed by atoms with E-state index >= 15 is 0 Å². The molecule has 0 spiro atoms. The van der Waals surface area contributed by atoms with E-state index in [-0.39, 0.29) is 11.7 Å². The highest BCUT2D eigenvalue weighted by molar-refractivity contribution is 9.10. The summed E-state index contributed by atoms with van der Waals surface area (Å²) >= 11 is 3.57.